The van der Waals surface area contributed by atoms with Crippen LogP contribution in [0.3, 0.4) is 0 Å². The molecule has 0 radical (unpaired) electrons. The molecule has 102 valence electrons. The minimum absolute atomic E-state index is 0. The van der Waals surface area contributed by atoms with E-state index < -0.39 is 27.2 Å². The van der Waals surface area contributed by atoms with Crippen molar-refractivity contribution in [1.29, 1.82) is 0 Å². The van der Waals surface area contributed by atoms with Crippen LogP contribution in [0.1, 0.15) is 0 Å². The molecule has 0 aliphatic carbocycles. The molecule has 0 atom stereocenters. The van der Waals surface area contributed by atoms with E-state index >= 15 is 0 Å². The molecule has 0 amide bonds. The Morgan fingerprint density at radius 1 is 1.11 bits per heavy atom. The molecule has 0 heterocycles. The molecule has 0 bridgehead atoms. The predicted octanol–water partition coefficient (Wildman–Crippen LogP) is -0.437. The summed E-state index contributed by atoms with van der Waals surface area (Å²) in [6, 6.07) is 4.20. The average Bonchev–Trinajstić information content (AvgIpc) is 2.19. The van der Waals surface area contributed by atoms with Crippen LogP contribution < -0.4 is 23.6 Å². The number of alkyl halides is 4. The molecule has 0 fully saturated rings. The first-order valence-electron chi connectivity index (χ1n) is 4.13. The minimum atomic E-state index is -6.56. The number of rotatable bonds is 4. The summed E-state index contributed by atoms with van der Waals surface area (Å²) in [6.45, 7) is 0. The minimum Gasteiger partial charge on any atom is -0.743 e. The number of hydrogen-bond acceptors (Lipinski definition) is 4. The second-order valence-electron chi connectivity index (χ2n) is 3.04. The summed E-state index contributed by atoms with van der Waals surface area (Å²) < 4.78 is 85.5. The fourth-order valence-corrected chi connectivity index (χ4v) is 1.45. The van der Waals surface area contributed by atoms with E-state index in [0.29, 0.717) is 4.47 Å². The fourth-order valence-electron chi connectivity index (χ4n) is 0.856. The summed E-state index contributed by atoms with van der Waals surface area (Å²) >= 11 is 2.96. The summed E-state index contributed by atoms with van der Waals surface area (Å²) in [5.41, 5.74) is 0. The van der Waals surface area contributed by atoms with Crippen LogP contribution in [0.2, 0.25) is 0 Å². The molecule has 0 saturated carbocycles. The van der Waals surface area contributed by atoms with Crippen LogP contribution in [-0.2, 0) is 10.1 Å². The second kappa shape index (κ2) is 6.01. The maximum atomic E-state index is 12.9. The van der Waals surface area contributed by atoms with Crippen LogP contribution in [0.15, 0.2) is 28.7 Å². The molecule has 1 aromatic rings. The Balaban J connectivity index is 0.00000324. The smallest absolute Gasteiger partial charge is 0.743 e. The topological polar surface area (TPSA) is 66.4 Å². The third-order valence-electron chi connectivity index (χ3n) is 1.71. The van der Waals surface area contributed by atoms with E-state index in [4.69, 9.17) is 0 Å². The summed E-state index contributed by atoms with van der Waals surface area (Å²) in [5.74, 6) is -0.716. The Bertz CT molecular complexity index is 534. The van der Waals surface area contributed by atoms with Gasteiger partial charge in [-0.15, -0.1) is 0 Å². The summed E-state index contributed by atoms with van der Waals surface area (Å²) in [6.07, 6.45) is -5.47. The molecule has 0 spiro atoms. The van der Waals surface area contributed by atoms with E-state index in [-0.39, 0.29) is 18.9 Å². The quantitative estimate of drug-likeness (QED) is 0.416. The van der Waals surface area contributed by atoms with Crippen molar-refractivity contribution in [1.82, 2.24) is 0 Å². The molecule has 0 aliphatic rings. The first-order valence-corrected chi connectivity index (χ1v) is 6.33. The number of benzene rings is 1. The van der Waals surface area contributed by atoms with Crippen LogP contribution >= 0.6 is 15.9 Å². The Hall–Kier alpha value is -0.273. The van der Waals surface area contributed by atoms with Crippen molar-refractivity contribution in [3.8, 4) is 5.75 Å². The maximum Gasteiger partial charge on any atom is 1.00 e. The standard InChI is InChI=1S/C8H5BrF4O4S.Li/c9-5-1-3-6(4-2-5)17-7(10,11)8(12,13)18(14,15)16;/h1-4H,(H,14,15,16);/q;+1/p-1. The van der Waals surface area contributed by atoms with Gasteiger partial charge in [0.1, 0.15) is 5.75 Å². The van der Waals surface area contributed by atoms with Gasteiger partial charge in [0.25, 0.3) is 0 Å². The Morgan fingerprint density at radius 2 is 1.53 bits per heavy atom. The van der Waals surface area contributed by atoms with Crippen molar-refractivity contribution in [2.24, 2.45) is 0 Å². The monoisotopic (exact) mass is 358 g/mol. The van der Waals surface area contributed by atoms with Crippen LogP contribution in [0.4, 0.5) is 17.6 Å². The summed E-state index contributed by atoms with van der Waals surface area (Å²) in [4.78, 5) is 0. The Labute approximate surface area is 126 Å². The first-order chi connectivity index (χ1) is 7.97. The van der Waals surface area contributed by atoms with Gasteiger partial charge in [0.2, 0.25) is 0 Å². The number of halogens is 5. The van der Waals surface area contributed by atoms with Crippen molar-refractivity contribution < 1.29 is 54.1 Å². The van der Waals surface area contributed by atoms with Crippen LogP contribution in [0, 0.1) is 0 Å². The van der Waals surface area contributed by atoms with Gasteiger partial charge in [0.05, 0.1) is 0 Å². The zero-order valence-corrected chi connectivity index (χ0v) is 11.6. The van der Waals surface area contributed by atoms with Crippen LogP contribution in [-0.4, -0.2) is 24.3 Å². The van der Waals surface area contributed by atoms with E-state index in [2.05, 4.69) is 20.7 Å². The van der Waals surface area contributed by atoms with E-state index in [1.165, 1.54) is 12.1 Å². The molecule has 0 unspecified atom stereocenters. The molecular weight excluding hydrogens is 355 g/mol. The summed E-state index contributed by atoms with van der Waals surface area (Å²) in [5, 5.41) is -5.87. The van der Waals surface area contributed by atoms with Gasteiger partial charge in [-0.25, -0.2) is 8.42 Å². The molecule has 19 heavy (non-hydrogen) atoms. The Kier molecular flexibility index (Phi) is 5.92. The van der Waals surface area contributed by atoms with Crippen molar-refractivity contribution in [2.45, 2.75) is 11.4 Å². The molecule has 1 rings (SSSR count). The molecule has 1 aromatic carbocycles. The zero-order valence-electron chi connectivity index (χ0n) is 9.24. The summed E-state index contributed by atoms with van der Waals surface area (Å²) in [7, 11) is -6.56. The van der Waals surface area contributed by atoms with E-state index in [1.54, 1.807) is 0 Å². The largest absolute Gasteiger partial charge is 1.00 e. The predicted molar refractivity (Wildman–Crippen MR) is 54.4 cm³/mol. The SMILES string of the molecule is O=S(=O)([O-])C(F)(F)C(F)(F)Oc1ccc(Br)cc1.[Li+]. The van der Waals surface area contributed by atoms with Gasteiger partial charge in [-0.3, -0.25) is 0 Å². The second-order valence-corrected chi connectivity index (χ2v) is 5.38. The normalized spacial score (nSPS) is 12.7. The van der Waals surface area contributed by atoms with Gasteiger partial charge in [0, 0.05) is 4.47 Å². The zero-order chi connectivity index (χ0) is 14.2. The molecule has 4 nitrogen and oxygen atoms in total. The Morgan fingerprint density at radius 3 is 1.89 bits per heavy atom. The van der Waals surface area contributed by atoms with Gasteiger partial charge < -0.3 is 9.29 Å². The van der Waals surface area contributed by atoms with Crippen molar-refractivity contribution in [3.05, 3.63) is 28.7 Å². The van der Waals surface area contributed by atoms with Crippen LogP contribution in [0.5, 0.6) is 5.75 Å². The van der Waals surface area contributed by atoms with Gasteiger partial charge >= 0.3 is 30.2 Å². The molecule has 0 aromatic heterocycles. The van der Waals surface area contributed by atoms with Crippen molar-refractivity contribution in [2.75, 3.05) is 0 Å². The third-order valence-corrected chi connectivity index (χ3v) is 3.11. The molecule has 0 aliphatic heterocycles. The van der Waals surface area contributed by atoms with Crippen molar-refractivity contribution >= 4 is 26.0 Å². The molecule has 11 heteroatoms. The molecule has 0 N–H and O–H groups in total. The molecular formula is C8H4BrF4LiO4S. The number of ether oxygens (including phenoxy) is 1. The van der Waals surface area contributed by atoms with E-state index in [1.807, 2.05) is 0 Å². The molecule has 0 saturated heterocycles. The maximum absolute atomic E-state index is 12.9. The average molecular weight is 359 g/mol. The first kappa shape index (κ1) is 18.7. The van der Waals surface area contributed by atoms with Gasteiger partial charge in [-0.2, -0.15) is 17.6 Å². The fraction of sp³-hybridized carbons (Fsp3) is 0.250. The van der Waals surface area contributed by atoms with E-state index in [9.17, 15) is 30.5 Å². The van der Waals surface area contributed by atoms with Crippen molar-refractivity contribution in [3.63, 3.8) is 0 Å². The third kappa shape index (κ3) is 4.09. The van der Waals surface area contributed by atoms with Gasteiger partial charge in [0.15, 0.2) is 10.1 Å². The van der Waals surface area contributed by atoms with Gasteiger partial charge in [-0.1, -0.05) is 15.9 Å². The van der Waals surface area contributed by atoms with Gasteiger partial charge in [-0.05, 0) is 24.3 Å². The number of hydrogen-bond donors (Lipinski definition) is 0. The van der Waals surface area contributed by atoms with E-state index in [0.717, 1.165) is 12.1 Å². The van der Waals surface area contributed by atoms with Crippen LogP contribution in [0.25, 0.3) is 0 Å².